The van der Waals surface area contributed by atoms with Crippen LogP contribution >= 0.6 is 0 Å². The van der Waals surface area contributed by atoms with Crippen molar-refractivity contribution < 1.29 is 9.84 Å². The second kappa shape index (κ2) is 1.96. The zero-order valence-electron chi connectivity index (χ0n) is 6.22. The molecule has 1 fully saturated rings. The van der Waals surface area contributed by atoms with E-state index in [9.17, 15) is 5.11 Å². The van der Waals surface area contributed by atoms with Gasteiger partial charge in [0.1, 0.15) is 0 Å². The van der Waals surface area contributed by atoms with Gasteiger partial charge in [-0.05, 0) is 6.92 Å². The molecule has 2 heteroatoms. The van der Waals surface area contributed by atoms with Crippen molar-refractivity contribution >= 4 is 0 Å². The highest BCUT2D eigenvalue weighted by Gasteiger charge is 2.59. The Morgan fingerprint density at radius 3 is 2.00 bits per heavy atom. The Kier molecular flexibility index (Phi) is 1.53. The van der Waals surface area contributed by atoms with E-state index >= 15 is 0 Å². The summed E-state index contributed by atoms with van der Waals surface area (Å²) in [5.74, 6) is -0.149. The average molecular weight is 130 g/mol. The van der Waals surface area contributed by atoms with Gasteiger partial charge in [0.2, 0.25) is 0 Å². The van der Waals surface area contributed by atoms with Crippen LogP contribution in [0.4, 0.5) is 0 Å². The highest BCUT2D eigenvalue weighted by Crippen LogP contribution is 2.50. The largest absolute Gasteiger partial charge is 0.365 e. The monoisotopic (exact) mass is 130 g/mol. The number of ether oxygens (including phenoxy) is 1. The van der Waals surface area contributed by atoms with Gasteiger partial charge in [-0.25, -0.2) is 0 Å². The molecule has 1 unspecified atom stereocenters. The first kappa shape index (κ1) is 7.03. The summed E-state index contributed by atoms with van der Waals surface area (Å²) in [4.78, 5) is 0. The minimum absolute atomic E-state index is 0.317. The van der Waals surface area contributed by atoms with Gasteiger partial charge in [-0.15, -0.1) is 0 Å². The molecule has 3 atom stereocenters. The molecule has 1 saturated carbocycles. The molecule has 0 aromatic rings. The molecular formula is C7H14O2. The molecule has 1 N–H and O–H groups in total. The second-order valence-electron chi connectivity index (χ2n) is 2.76. The van der Waals surface area contributed by atoms with E-state index in [1.165, 1.54) is 0 Å². The van der Waals surface area contributed by atoms with E-state index in [0.29, 0.717) is 18.4 Å². The second-order valence-corrected chi connectivity index (χ2v) is 2.76. The predicted molar refractivity (Wildman–Crippen MR) is 34.9 cm³/mol. The lowest BCUT2D eigenvalue weighted by Gasteiger charge is -2.08. The maximum atomic E-state index is 9.44. The summed E-state index contributed by atoms with van der Waals surface area (Å²) >= 11 is 0. The Bertz CT molecular complexity index is 103. The van der Waals surface area contributed by atoms with E-state index in [1.807, 2.05) is 20.8 Å². The third-order valence-corrected chi connectivity index (χ3v) is 2.32. The fourth-order valence-corrected chi connectivity index (χ4v) is 1.21. The van der Waals surface area contributed by atoms with Crippen molar-refractivity contribution in [2.75, 3.05) is 6.61 Å². The van der Waals surface area contributed by atoms with Crippen LogP contribution in [0.25, 0.3) is 0 Å². The van der Waals surface area contributed by atoms with E-state index in [1.54, 1.807) is 0 Å². The SMILES string of the molecule is CCOC1(O)[C@H](C)[C@@H]1C. The van der Waals surface area contributed by atoms with Gasteiger partial charge in [0.15, 0.2) is 5.79 Å². The fourth-order valence-electron chi connectivity index (χ4n) is 1.21. The molecule has 0 amide bonds. The Balaban J connectivity index is 2.40. The number of hydrogen-bond donors (Lipinski definition) is 1. The van der Waals surface area contributed by atoms with Crippen molar-refractivity contribution in [1.82, 2.24) is 0 Å². The Morgan fingerprint density at radius 1 is 1.44 bits per heavy atom. The lowest BCUT2D eigenvalue weighted by Crippen LogP contribution is -2.16. The van der Waals surface area contributed by atoms with Gasteiger partial charge in [-0.3, -0.25) is 0 Å². The van der Waals surface area contributed by atoms with Crippen molar-refractivity contribution in [2.24, 2.45) is 11.8 Å². The maximum Gasteiger partial charge on any atom is 0.171 e. The first-order valence-corrected chi connectivity index (χ1v) is 3.49. The van der Waals surface area contributed by atoms with Crippen LogP contribution in [0.3, 0.4) is 0 Å². The highest BCUT2D eigenvalue weighted by atomic mass is 16.6. The van der Waals surface area contributed by atoms with Gasteiger partial charge in [0.25, 0.3) is 0 Å². The fraction of sp³-hybridized carbons (Fsp3) is 1.00. The zero-order chi connectivity index (χ0) is 7.07. The normalized spacial score (nSPS) is 49.3. The molecule has 0 bridgehead atoms. The third-order valence-electron chi connectivity index (χ3n) is 2.32. The Labute approximate surface area is 55.8 Å². The predicted octanol–water partition coefficient (Wildman–Crippen LogP) is 0.997. The summed E-state index contributed by atoms with van der Waals surface area (Å²) in [7, 11) is 0. The molecule has 0 aromatic carbocycles. The van der Waals surface area contributed by atoms with Gasteiger partial charge in [-0.1, -0.05) is 13.8 Å². The summed E-state index contributed by atoms with van der Waals surface area (Å²) in [5.41, 5.74) is 0. The Hall–Kier alpha value is -0.0800. The van der Waals surface area contributed by atoms with Crippen LogP contribution in [-0.2, 0) is 4.74 Å². The van der Waals surface area contributed by atoms with E-state index in [2.05, 4.69) is 0 Å². The van der Waals surface area contributed by atoms with Crippen molar-refractivity contribution in [1.29, 1.82) is 0 Å². The molecule has 9 heavy (non-hydrogen) atoms. The molecule has 1 aliphatic rings. The van der Waals surface area contributed by atoms with Crippen LogP contribution in [0.15, 0.2) is 0 Å². The molecule has 0 aromatic heterocycles. The van der Waals surface area contributed by atoms with Gasteiger partial charge >= 0.3 is 0 Å². The third kappa shape index (κ3) is 0.864. The number of rotatable bonds is 2. The summed E-state index contributed by atoms with van der Waals surface area (Å²) in [6.07, 6.45) is 0. The van der Waals surface area contributed by atoms with Crippen LogP contribution in [0.1, 0.15) is 20.8 Å². The summed E-state index contributed by atoms with van der Waals surface area (Å²) < 4.78 is 5.12. The number of hydrogen-bond acceptors (Lipinski definition) is 2. The molecule has 0 aliphatic heterocycles. The van der Waals surface area contributed by atoms with Crippen molar-refractivity contribution in [3.63, 3.8) is 0 Å². The number of aliphatic hydroxyl groups is 1. The topological polar surface area (TPSA) is 29.5 Å². The lowest BCUT2D eigenvalue weighted by molar-refractivity contribution is -0.139. The van der Waals surface area contributed by atoms with Crippen molar-refractivity contribution in [3.05, 3.63) is 0 Å². The van der Waals surface area contributed by atoms with E-state index in [4.69, 9.17) is 4.74 Å². The summed E-state index contributed by atoms with van der Waals surface area (Å²) in [6.45, 7) is 6.50. The average Bonchev–Trinajstić information content (AvgIpc) is 2.22. The molecule has 1 rings (SSSR count). The minimum atomic E-state index is -0.783. The van der Waals surface area contributed by atoms with Crippen molar-refractivity contribution in [3.8, 4) is 0 Å². The Morgan fingerprint density at radius 2 is 1.89 bits per heavy atom. The van der Waals surface area contributed by atoms with Crippen LogP contribution in [0, 0.1) is 11.8 Å². The van der Waals surface area contributed by atoms with Crippen LogP contribution in [0.2, 0.25) is 0 Å². The maximum absolute atomic E-state index is 9.44. The molecular weight excluding hydrogens is 116 g/mol. The van der Waals surface area contributed by atoms with Gasteiger partial charge < -0.3 is 9.84 Å². The lowest BCUT2D eigenvalue weighted by atomic mass is 10.4. The van der Waals surface area contributed by atoms with E-state index < -0.39 is 5.79 Å². The first-order chi connectivity index (χ1) is 4.13. The standard InChI is InChI=1S/C7H14O2/c1-4-9-7(8)5(2)6(7)3/h5-6,8H,4H2,1-3H3/t5-,6+,7?. The van der Waals surface area contributed by atoms with E-state index in [-0.39, 0.29) is 0 Å². The minimum Gasteiger partial charge on any atom is -0.365 e. The zero-order valence-corrected chi connectivity index (χ0v) is 6.22. The van der Waals surface area contributed by atoms with E-state index in [0.717, 1.165) is 0 Å². The van der Waals surface area contributed by atoms with Crippen LogP contribution < -0.4 is 0 Å². The highest BCUT2D eigenvalue weighted by molar-refractivity contribution is 5.00. The van der Waals surface area contributed by atoms with Gasteiger partial charge in [0.05, 0.1) is 0 Å². The van der Waals surface area contributed by atoms with Gasteiger partial charge in [0, 0.05) is 18.4 Å². The summed E-state index contributed by atoms with van der Waals surface area (Å²) in [6, 6.07) is 0. The quantitative estimate of drug-likeness (QED) is 0.565. The molecule has 54 valence electrons. The molecule has 0 radical (unpaired) electrons. The molecule has 0 saturated heterocycles. The smallest absolute Gasteiger partial charge is 0.171 e. The molecule has 2 nitrogen and oxygen atoms in total. The molecule has 0 heterocycles. The molecule has 1 aliphatic carbocycles. The van der Waals surface area contributed by atoms with Crippen LogP contribution in [-0.4, -0.2) is 17.5 Å². The molecule has 0 spiro atoms. The van der Waals surface area contributed by atoms with Crippen molar-refractivity contribution in [2.45, 2.75) is 26.6 Å². The summed E-state index contributed by atoms with van der Waals surface area (Å²) in [5, 5.41) is 9.44. The van der Waals surface area contributed by atoms with Crippen LogP contribution in [0.5, 0.6) is 0 Å². The first-order valence-electron chi connectivity index (χ1n) is 3.49. The van der Waals surface area contributed by atoms with Gasteiger partial charge in [-0.2, -0.15) is 0 Å².